The van der Waals surface area contributed by atoms with E-state index in [1.165, 1.54) is 25.7 Å². The van der Waals surface area contributed by atoms with Crippen molar-refractivity contribution >= 4 is 17.7 Å². The third kappa shape index (κ3) is 3.90. The van der Waals surface area contributed by atoms with Crippen LogP contribution in [0.15, 0.2) is 18.2 Å². The smallest absolute Gasteiger partial charge is 0.232 e. The molecule has 2 heterocycles. The molecule has 1 saturated heterocycles. The van der Waals surface area contributed by atoms with Crippen molar-refractivity contribution < 1.29 is 9.53 Å². The van der Waals surface area contributed by atoms with Gasteiger partial charge in [0.2, 0.25) is 11.8 Å². The number of likely N-dealkylation sites (tertiary alicyclic amines) is 1. The van der Waals surface area contributed by atoms with E-state index in [9.17, 15) is 4.79 Å². The molecule has 1 aliphatic heterocycles. The van der Waals surface area contributed by atoms with E-state index in [4.69, 9.17) is 4.74 Å². The predicted octanol–water partition coefficient (Wildman–Crippen LogP) is 2.66. The number of pyridine rings is 1. The van der Waals surface area contributed by atoms with Crippen LogP contribution in [0.4, 0.5) is 0 Å². The number of amides is 1. The van der Waals surface area contributed by atoms with Gasteiger partial charge in [0.25, 0.3) is 0 Å². The molecule has 0 N–H and O–H groups in total. The summed E-state index contributed by atoms with van der Waals surface area (Å²) in [5, 5.41) is 0.707. The molecule has 1 aliphatic carbocycles. The van der Waals surface area contributed by atoms with Gasteiger partial charge in [0.1, 0.15) is 6.10 Å². The van der Waals surface area contributed by atoms with Crippen LogP contribution >= 0.6 is 11.8 Å². The van der Waals surface area contributed by atoms with Gasteiger partial charge in [-0.2, -0.15) is 0 Å². The van der Waals surface area contributed by atoms with Crippen molar-refractivity contribution in [2.24, 2.45) is 0 Å². The maximum atomic E-state index is 12.1. The maximum Gasteiger partial charge on any atom is 0.232 e. The Hall–Kier alpha value is -1.23. The minimum atomic E-state index is 0.0970. The number of aromatic nitrogens is 1. The summed E-state index contributed by atoms with van der Waals surface area (Å²) >= 11 is 1.83. The first kappa shape index (κ1) is 14.7. The fourth-order valence-electron chi connectivity index (χ4n) is 2.81. The third-order valence-electron chi connectivity index (χ3n) is 4.10. The molecular formula is C16H22N2O2S. The van der Waals surface area contributed by atoms with Crippen molar-refractivity contribution in [2.45, 2.75) is 44.0 Å². The number of ether oxygens (including phenoxy) is 1. The minimum absolute atomic E-state index is 0.0970. The van der Waals surface area contributed by atoms with Gasteiger partial charge in [-0.05, 0) is 25.8 Å². The van der Waals surface area contributed by atoms with Gasteiger partial charge in [0, 0.05) is 17.0 Å². The summed E-state index contributed by atoms with van der Waals surface area (Å²) in [7, 11) is 0. The second kappa shape index (κ2) is 6.69. The molecule has 1 amide bonds. The largest absolute Gasteiger partial charge is 0.471 e. The van der Waals surface area contributed by atoms with Gasteiger partial charge in [-0.15, -0.1) is 11.8 Å². The Morgan fingerprint density at radius 3 is 2.86 bits per heavy atom. The predicted molar refractivity (Wildman–Crippen MR) is 84.7 cm³/mol. The zero-order chi connectivity index (χ0) is 14.7. The molecule has 1 aromatic heterocycles. The van der Waals surface area contributed by atoms with E-state index >= 15 is 0 Å². The van der Waals surface area contributed by atoms with Gasteiger partial charge in [0.05, 0.1) is 18.8 Å². The molecule has 5 heteroatoms. The quantitative estimate of drug-likeness (QED) is 0.839. The summed E-state index contributed by atoms with van der Waals surface area (Å²) in [6.07, 6.45) is 5.31. The lowest BCUT2D eigenvalue weighted by atomic mass is 10.1. The van der Waals surface area contributed by atoms with Crippen molar-refractivity contribution in [3.63, 3.8) is 0 Å². The van der Waals surface area contributed by atoms with Crippen LogP contribution in [0, 0.1) is 6.92 Å². The Bertz CT molecular complexity index is 497. The summed E-state index contributed by atoms with van der Waals surface area (Å²) in [4.78, 5) is 18.3. The van der Waals surface area contributed by atoms with Gasteiger partial charge in [-0.3, -0.25) is 4.79 Å². The van der Waals surface area contributed by atoms with Crippen LogP contribution in [0.3, 0.4) is 0 Å². The number of rotatable bonds is 5. The van der Waals surface area contributed by atoms with E-state index in [0.29, 0.717) is 30.0 Å². The Morgan fingerprint density at radius 2 is 2.14 bits per heavy atom. The molecule has 114 valence electrons. The summed E-state index contributed by atoms with van der Waals surface area (Å²) in [6, 6.07) is 5.76. The fraction of sp³-hybridized carbons (Fsp3) is 0.625. The normalized spacial score (nSPS) is 19.6. The van der Waals surface area contributed by atoms with Gasteiger partial charge in [-0.25, -0.2) is 4.98 Å². The molecule has 1 saturated carbocycles. The van der Waals surface area contributed by atoms with E-state index in [1.807, 2.05) is 41.8 Å². The number of hydrogen-bond acceptors (Lipinski definition) is 4. The van der Waals surface area contributed by atoms with Crippen LogP contribution in [-0.2, 0) is 4.79 Å². The van der Waals surface area contributed by atoms with E-state index < -0.39 is 0 Å². The molecule has 1 aromatic rings. The zero-order valence-corrected chi connectivity index (χ0v) is 13.3. The highest BCUT2D eigenvalue weighted by molar-refractivity contribution is 8.00. The van der Waals surface area contributed by atoms with Crippen LogP contribution in [0.5, 0.6) is 5.88 Å². The van der Waals surface area contributed by atoms with Crippen LogP contribution in [0.2, 0.25) is 0 Å². The second-order valence-corrected chi connectivity index (χ2v) is 7.16. The molecule has 21 heavy (non-hydrogen) atoms. The average molecular weight is 306 g/mol. The monoisotopic (exact) mass is 306 g/mol. The molecule has 0 unspecified atom stereocenters. The summed E-state index contributed by atoms with van der Waals surface area (Å²) in [5.74, 6) is 1.54. The Kier molecular flexibility index (Phi) is 4.68. The topological polar surface area (TPSA) is 42.4 Å². The number of aryl methyl sites for hydroxylation is 1. The van der Waals surface area contributed by atoms with Crippen molar-refractivity contribution in [1.29, 1.82) is 0 Å². The number of hydrogen-bond donors (Lipinski definition) is 0. The third-order valence-corrected chi connectivity index (χ3v) is 5.45. The van der Waals surface area contributed by atoms with Gasteiger partial charge >= 0.3 is 0 Å². The fourth-order valence-corrected chi connectivity index (χ4v) is 4.03. The maximum absolute atomic E-state index is 12.1. The second-order valence-electron chi connectivity index (χ2n) is 5.87. The molecule has 3 rings (SSSR count). The van der Waals surface area contributed by atoms with Gasteiger partial charge < -0.3 is 9.64 Å². The molecule has 0 bridgehead atoms. The lowest BCUT2D eigenvalue weighted by Crippen LogP contribution is -2.56. The molecule has 2 fully saturated rings. The van der Waals surface area contributed by atoms with Crippen LogP contribution in [-0.4, -0.2) is 46.0 Å². The Balaban J connectivity index is 1.37. The van der Waals surface area contributed by atoms with Crippen LogP contribution < -0.4 is 4.74 Å². The molecule has 0 spiro atoms. The molecule has 0 aromatic carbocycles. The number of carbonyl (C=O) groups is 1. The van der Waals surface area contributed by atoms with E-state index in [-0.39, 0.29) is 12.0 Å². The highest BCUT2D eigenvalue weighted by Crippen LogP contribution is 2.29. The van der Waals surface area contributed by atoms with Crippen molar-refractivity contribution in [1.82, 2.24) is 9.88 Å². The Morgan fingerprint density at radius 1 is 1.38 bits per heavy atom. The van der Waals surface area contributed by atoms with Gasteiger partial charge in [0.15, 0.2) is 0 Å². The summed E-state index contributed by atoms with van der Waals surface area (Å²) < 4.78 is 5.78. The first-order valence-electron chi connectivity index (χ1n) is 7.70. The first-order chi connectivity index (χ1) is 10.2. The molecular weight excluding hydrogens is 284 g/mol. The van der Waals surface area contributed by atoms with E-state index in [0.717, 1.165) is 5.69 Å². The first-order valence-corrected chi connectivity index (χ1v) is 8.75. The minimum Gasteiger partial charge on any atom is -0.471 e. The van der Waals surface area contributed by atoms with Crippen molar-refractivity contribution in [3.05, 3.63) is 23.9 Å². The SMILES string of the molecule is Cc1cccc(OC2CN(C(=O)CSC3CCCC3)C2)n1. The summed E-state index contributed by atoms with van der Waals surface area (Å²) in [6.45, 7) is 3.34. The highest BCUT2D eigenvalue weighted by Gasteiger charge is 2.32. The van der Waals surface area contributed by atoms with Crippen LogP contribution in [0.1, 0.15) is 31.4 Å². The zero-order valence-electron chi connectivity index (χ0n) is 12.5. The molecule has 4 nitrogen and oxygen atoms in total. The van der Waals surface area contributed by atoms with Crippen molar-refractivity contribution in [3.8, 4) is 5.88 Å². The Labute approximate surface area is 130 Å². The van der Waals surface area contributed by atoms with Crippen LogP contribution in [0.25, 0.3) is 0 Å². The van der Waals surface area contributed by atoms with E-state index in [2.05, 4.69) is 4.98 Å². The van der Waals surface area contributed by atoms with E-state index in [1.54, 1.807) is 0 Å². The lowest BCUT2D eigenvalue weighted by molar-refractivity contribution is -0.137. The molecule has 0 atom stereocenters. The standard InChI is InChI=1S/C16H22N2O2S/c1-12-5-4-8-15(17-12)20-13-9-18(10-13)16(19)11-21-14-6-2-3-7-14/h4-5,8,13-14H,2-3,6-7,9-11H2,1H3. The number of carbonyl (C=O) groups excluding carboxylic acids is 1. The lowest BCUT2D eigenvalue weighted by Gasteiger charge is -2.38. The van der Waals surface area contributed by atoms with Gasteiger partial charge in [-0.1, -0.05) is 18.9 Å². The highest BCUT2D eigenvalue weighted by atomic mass is 32.2. The molecule has 0 radical (unpaired) electrons. The summed E-state index contributed by atoms with van der Waals surface area (Å²) in [5.41, 5.74) is 0.952. The number of nitrogens with zero attached hydrogens (tertiary/aromatic N) is 2. The van der Waals surface area contributed by atoms with Crippen molar-refractivity contribution in [2.75, 3.05) is 18.8 Å². The molecule has 2 aliphatic rings. The average Bonchev–Trinajstić information content (AvgIpc) is 2.93. The number of thioether (sulfide) groups is 1.